The Morgan fingerprint density at radius 2 is 1.57 bits per heavy atom. The molecule has 2 aromatic carbocycles. The van der Waals surface area contributed by atoms with E-state index in [0.29, 0.717) is 0 Å². The van der Waals surface area contributed by atoms with Gasteiger partial charge in [0.05, 0.1) is 0 Å². The third kappa shape index (κ3) is 3.85. The number of aliphatic carboxylic acids is 1. The van der Waals surface area contributed by atoms with Crippen molar-refractivity contribution in [2.75, 3.05) is 5.32 Å². The number of carbonyl (C=O) groups is 1. The largest absolute Gasteiger partial charge is 0.479 e. The molecule has 0 aliphatic heterocycles. The van der Waals surface area contributed by atoms with E-state index < -0.39 is 12.0 Å². The Bertz CT molecular complexity index is 597. The van der Waals surface area contributed by atoms with Crippen LogP contribution in [-0.4, -0.2) is 11.1 Å². The van der Waals surface area contributed by atoms with E-state index in [0.717, 1.165) is 11.3 Å². The molecule has 0 saturated carbocycles. The number of hydrogen-bond donors (Lipinski definition) is 2. The second-order valence-corrected chi connectivity index (χ2v) is 6.15. The van der Waals surface area contributed by atoms with Gasteiger partial charge in [0, 0.05) is 5.69 Å². The molecule has 0 aliphatic rings. The van der Waals surface area contributed by atoms with Crippen molar-refractivity contribution in [2.24, 2.45) is 0 Å². The predicted octanol–water partition coefficient (Wildman–Crippen LogP) is 4.22. The molecule has 0 saturated heterocycles. The van der Waals surface area contributed by atoms with Crippen molar-refractivity contribution in [2.45, 2.75) is 32.2 Å². The van der Waals surface area contributed by atoms with Crippen LogP contribution in [0.2, 0.25) is 0 Å². The molecule has 2 aromatic rings. The number of carboxylic acids is 1. The van der Waals surface area contributed by atoms with Gasteiger partial charge in [0.25, 0.3) is 0 Å². The highest BCUT2D eigenvalue weighted by atomic mass is 16.4. The first-order chi connectivity index (χ1) is 9.88. The monoisotopic (exact) mass is 283 g/mol. The molecule has 0 fully saturated rings. The maximum atomic E-state index is 11.5. The van der Waals surface area contributed by atoms with Gasteiger partial charge in [-0.25, -0.2) is 4.79 Å². The normalized spacial score (nSPS) is 12.7. The number of hydrogen-bond acceptors (Lipinski definition) is 2. The minimum Gasteiger partial charge on any atom is -0.479 e. The van der Waals surface area contributed by atoms with E-state index in [1.807, 2.05) is 54.6 Å². The van der Waals surface area contributed by atoms with Crippen LogP contribution in [0.5, 0.6) is 0 Å². The van der Waals surface area contributed by atoms with Crippen molar-refractivity contribution in [1.82, 2.24) is 0 Å². The highest BCUT2D eigenvalue weighted by molar-refractivity contribution is 5.79. The summed E-state index contributed by atoms with van der Waals surface area (Å²) in [5, 5.41) is 12.5. The Labute approximate surface area is 125 Å². The molecule has 110 valence electrons. The molecule has 0 radical (unpaired) electrons. The van der Waals surface area contributed by atoms with E-state index in [9.17, 15) is 9.90 Å². The fourth-order valence-electron chi connectivity index (χ4n) is 2.17. The lowest BCUT2D eigenvalue weighted by Gasteiger charge is -2.20. The van der Waals surface area contributed by atoms with Gasteiger partial charge in [-0.2, -0.15) is 0 Å². The zero-order valence-corrected chi connectivity index (χ0v) is 12.6. The highest BCUT2D eigenvalue weighted by Gasteiger charge is 2.19. The van der Waals surface area contributed by atoms with E-state index >= 15 is 0 Å². The van der Waals surface area contributed by atoms with Crippen molar-refractivity contribution < 1.29 is 9.90 Å². The smallest absolute Gasteiger partial charge is 0.330 e. The molecule has 3 heteroatoms. The van der Waals surface area contributed by atoms with E-state index in [1.165, 1.54) is 5.56 Å². The summed E-state index contributed by atoms with van der Waals surface area (Å²) in [6.07, 6.45) is 0. The zero-order chi connectivity index (χ0) is 15.5. The topological polar surface area (TPSA) is 49.3 Å². The number of rotatable bonds is 4. The number of nitrogens with one attached hydrogen (secondary N) is 1. The Morgan fingerprint density at radius 3 is 2.05 bits per heavy atom. The lowest BCUT2D eigenvalue weighted by atomic mass is 9.87. The van der Waals surface area contributed by atoms with Gasteiger partial charge >= 0.3 is 5.97 Å². The van der Waals surface area contributed by atoms with E-state index in [2.05, 4.69) is 26.1 Å². The molecule has 21 heavy (non-hydrogen) atoms. The SMILES string of the molecule is CC(C)(C)c1ccc(NC(C(=O)O)c2ccccc2)cc1. The summed E-state index contributed by atoms with van der Waals surface area (Å²) >= 11 is 0. The van der Waals surface area contributed by atoms with Crippen LogP contribution in [0.1, 0.15) is 37.9 Å². The van der Waals surface area contributed by atoms with Crippen LogP contribution in [-0.2, 0) is 10.2 Å². The average molecular weight is 283 g/mol. The van der Waals surface area contributed by atoms with Crippen LogP contribution in [0.3, 0.4) is 0 Å². The average Bonchev–Trinajstić information content (AvgIpc) is 2.45. The molecule has 0 bridgehead atoms. The van der Waals surface area contributed by atoms with Gasteiger partial charge in [-0.3, -0.25) is 0 Å². The highest BCUT2D eigenvalue weighted by Crippen LogP contribution is 2.25. The summed E-state index contributed by atoms with van der Waals surface area (Å²) in [7, 11) is 0. The minimum atomic E-state index is -0.888. The second-order valence-electron chi connectivity index (χ2n) is 6.15. The summed E-state index contributed by atoms with van der Waals surface area (Å²) in [4.78, 5) is 11.5. The first-order valence-corrected chi connectivity index (χ1v) is 7.03. The van der Waals surface area contributed by atoms with Gasteiger partial charge in [0.2, 0.25) is 0 Å². The van der Waals surface area contributed by atoms with Gasteiger partial charge in [-0.1, -0.05) is 63.2 Å². The van der Waals surface area contributed by atoms with Crippen LogP contribution < -0.4 is 5.32 Å². The number of carboxylic acid groups (broad SMARTS) is 1. The molecule has 0 aromatic heterocycles. The Balaban J connectivity index is 2.20. The van der Waals surface area contributed by atoms with Gasteiger partial charge in [-0.15, -0.1) is 0 Å². The summed E-state index contributed by atoms with van der Waals surface area (Å²) in [5.41, 5.74) is 2.85. The molecular weight excluding hydrogens is 262 g/mol. The quantitative estimate of drug-likeness (QED) is 0.883. The maximum absolute atomic E-state index is 11.5. The van der Waals surface area contributed by atoms with Crippen LogP contribution >= 0.6 is 0 Å². The van der Waals surface area contributed by atoms with Crippen LogP contribution in [0, 0.1) is 0 Å². The van der Waals surface area contributed by atoms with Crippen molar-refractivity contribution >= 4 is 11.7 Å². The summed E-state index contributed by atoms with van der Waals surface area (Å²) in [6, 6.07) is 16.4. The Kier molecular flexibility index (Phi) is 4.32. The van der Waals surface area contributed by atoms with E-state index in [1.54, 1.807) is 0 Å². The van der Waals surface area contributed by atoms with Crippen molar-refractivity contribution in [1.29, 1.82) is 0 Å². The van der Waals surface area contributed by atoms with Crippen molar-refractivity contribution in [3.05, 3.63) is 65.7 Å². The maximum Gasteiger partial charge on any atom is 0.330 e. The van der Waals surface area contributed by atoms with Crippen molar-refractivity contribution in [3.63, 3.8) is 0 Å². The first-order valence-electron chi connectivity index (χ1n) is 7.03. The van der Waals surface area contributed by atoms with Crippen molar-refractivity contribution in [3.8, 4) is 0 Å². The second kappa shape index (κ2) is 6.00. The molecule has 1 unspecified atom stereocenters. The standard InChI is InChI=1S/C18H21NO2/c1-18(2,3)14-9-11-15(12-10-14)19-16(17(20)21)13-7-5-4-6-8-13/h4-12,16,19H,1-3H3,(H,20,21). The van der Waals surface area contributed by atoms with Gasteiger partial charge in [-0.05, 0) is 28.7 Å². The Morgan fingerprint density at radius 1 is 1.00 bits per heavy atom. The molecule has 0 aliphatic carbocycles. The molecule has 1 atom stereocenters. The lowest BCUT2D eigenvalue weighted by Crippen LogP contribution is -2.20. The fraction of sp³-hybridized carbons (Fsp3) is 0.278. The van der Waals surface area contributed by atoms with E-state index in [4.69, 9.17) is 0 Å². The summed E-state index contributed by atoms with van der Waals surface area (Å²) < 4.78 is 0. The third-order valence-electron chi connectivity index (χ3n) is 3.44. The Hall–Kier alpha value is -2.29. The summed E-state index contributed by atoms with van der Waals surface area (Å²) in [5.74, 6) is -0.888. The van der Waals surface area contributed by atoms with Gasteiger partial charge in [0.15, 0.2) is 6.04 Å². The van der Waals surface area contributed by atoms with E-state index in [-0.39, 0.29) is 5.41 Å². The molecule has 2 N–H and O–H groups in total. The molecular formula is C18H21NO2. The number of benzene rings is 2. The molecule has 2 rings (SSSR count). The third-order valence-corrected chi connectivity index (χ3v) is 3.44. The van der Waals surface area contributed by atoms with Crippen LogP contribution in [0.25, 0.3) is 0 Å². The fourth-order valence-corrected chi connectivity index (χ4v) is 2.17. The molecule has 3 nitrogen and oxygen atoms in total. The van der Waals surface area contributed by atoms with Crippen LogP contribution in [0.4, 0.5) is 5.69 Å². The van der Waals surface area contributed by atoms with Crippen LogP contribution in [0.15, 0.2) is 54.6 Å². The van der Waals surface area contributed by atoms with Gasteiger partial charge < -0.3 is 10.4 Å². The number of anilines is 1. The molecule has 0 spiro atoms. The first kappa shape index (κ1) is 15.1. The lowest BCUT2D eigenvalue weighted by molar-refractivity contribution is -0.138. The summed E-state index contributed by atoms with van der Waals surface area (Å²) in [6.45, 7) is 6.46. The molecule has 0 amide bonds. The molecule has 0 heterocycles. The zero-order valence-electron chi connectivity index (χ0n) is 12.6. The predicted molar refractivity (Wildman–Crippen MR) is 85.6 cm³/mol. The minimum absolute atomic E-state index is 0.0875. The van der Waals surface area contributed by atoms with Gasteiger partial charge in [0.1, 0.15) is 0 Å².